The maximum Gasteiger partial charge on any atom is 0.270 e. The van der Waals surface area contributed by atoms with Gasteiger partial charge in [-0.25, -0.2) is 12.7 Å². The van der Waals surface area contributed by atoms with Gasteiger partial charge in [-0.1, -0.05) is 0 Å². The van der Waals surface area contributed by atoms with E-state index in [1.165, 1.54) is 26.2 Å². The molecule has 1 aromatic rings. The summed E-state index contributed by atoms with van der Waals surface area (Å²) < 4.78 is 24.5. The van der Waals surface area contributed by atoms with E-state index in [1.807, 2.05) is 0 Å². The molecule has 0 saturated carbocycles. The highest BCUT2D eigenvalue weighted by Gasteiger charge is 2.17. The predicted molar refractivity (Wildman–Crippen MR) is 80.6 cm³/mol. The number of benzene rings is 1. The molecule has 1 aromatic carbocycles. The van der Waals surface area contributed by atoms with Crippen LogP contribution in [0.1, 0.15) is 10.4 Å². The number of carbonyl (C=O) groups is 1. The van der Waals surface area contributed by atoms with Crippen LogP contribution < -0.4 is 5.32 Å². The van der Waals surface area contributed by atoms with E-state index in [2.05, 4.69) is 21.2 Å². The van der Waals surface area contributed by atoms with E-state index >= 15 is 0 Å². The van der Waals surface area contributed by atoms with Crippen LogP contribution in [0.2, 0.25) is 0 Å². The number of sulfonamides is 1. The Morgan fingerprint density at radius 3 is 2.57 bits per heavy atom. The summed E-state index contributed by atoms with van der Waals surface area (Å²) in [4.78, 5) is 22.0. The molecule has 1 N–H and O–H groups in total. The van der Waals surface area contributed by atoms with E-state index in [0.29, 0.717) is 4.47 Å². The van der Waals surface area contributed by atoms with Gasteiger partial charge in [0.1, 0.15) is 0 Å². The van der Waals surface area contributed by atoms with Crippen LogP contribution in [-0.4, -0.2) is 49.9 Å². The lowest BCUT2D eigenvalue weighted by atomic mass is 10.2. The first kappa shape index (κ1) is 17.5. The number of nitrogens with zero attached hydrogens (tertiary/aromatic N) is 2. The molecule has 116 valence electrons. The standard InChI is InChI=1S/C11H14BrN3O5S/c1-14(2)21(19,20)6-5-13-11(16)9-7-8(15(17)18)3-4-10(9)12/h3-4,7H,5-6H2,1-2H3,(H,13,16). The van der Waals surface area contributed by atoms with Crippen LogP contribution >= 0.6 is 15.9 Å². The van der Waals surface area contributed by atoms with Gasteiger partial charge in [-0.05, 0) is 22.0 Å². The zero-order valence-electron chi connectivity index (χ0n) is 11.4. The molecule has 8 nitrogen and oxygen atoms in total. The average molecular weight is 380 g/mol. The Morgan fingerprint density at radius 2 is 2.05 bits per heavy atom. The molecule has 0 aliphatic carbocycles. The molecule has 0 atom stereocenters. The molecule has 10 heteroatoms. The molecule has 1 amide bonds. The first-order valence-electron chi connectivity index (χ1n) is 5.77. The number of nitrogens with one attached hydrogen (secondary N) is 1. The van der Waals surface area contributed by atoms with Crippen LogP contribution in [0.3, 0.4) is 0 Å². The van der Waals surface area contributed by atoms with Gasteiger partial charge in [-0.3, -0.25) is 14.9 Å². The van der Waals surface area contributed by atoms with Crippen molar-refractivity contribution >= 4 is 37.5 Å². The maximum atomic E-state index is 11.9. The third kappa shape index (κ3) is 4.76. The number of nitro benzene ring substituents is 1. The zero-order valence-corrected chi connectivity index (χ0v) is 13.8. The minimum Gasteiger partial charge on any atom is -0.351 e. The van der Waals surface area contributed by atoms with Crippen LogP contribution in [0.5, 0.6) is 0 Å². The third-order valence-corrected chi connectivity index (χ3v) is 5.13. The summed E-state index contributed by atoms with van der Waals surface area (Å²) in [7, 11) is -0.615. The van der Waals surface area contributed by atoms with Crippen LogP contribution in [0.25, 0.3) is 0 Å². The van der Waals surface area contributed by atoms with Crippen molar-refractivity contribution in [2.75, 3.05) is 26.4 Å². The van der Waals surface area contributed by atoms with Gasteiger partial charge in [0, 0.05) is 37.2 Å². The fraction of sp³-hybridized carbons (Fsp3) is 0.364. The van der Waals surface area contributed by atoms with Crippen molar-refractivity contribution in [3.8, 4) is 0 Å². The summed E-state index contributed by atoms with van der Waals surface area (Å²) in [5.74, 6) is -0.835. The minimum absolute atomic E-state index is 0.0754. The highest BCUT2D eigenvalue weighted by Crippen LogP contribution is 2.22. The molecule has 0 aliphatic rings. The molecular weight excluding hydrogens is 366 g/mol. The van der Waals surface area contributed by atoms with Crippen LogP contribution in [0.4, 0.5) is 5.69 Å². The van der Waals surface area contributed by atoms with Crippen molar-refractivity contribution in [1.29, 1.82) is 0 Å². The third-order valence-electron chi connectivity index (χ3n) is 2.61. The number of hydrogen-bond donors (Lipinski definition) is 1. The topological polar surface area (TPSA) is 110 Å². The van der Waals surface area contributed by atoms with Crippen molar-refractivity contribution in [2.24, 2.45) is 0 Å². The molecule has 0 saturated heterocycles. The largest absolute Gasteiger partial charge is 0.351 e. The average Bonchev–Trinajstić information content (AvgIpc) is 2.38. The fourth-order valence-corrected chi connectivity index (χ4v) is 2.52. The number of nitro groups is 1. The fourth-order valence-electron chi connectivity index (χ4n) is 1.37. The number of non-ortho nitro benzene ring substituents is 1. The Morgan fingerprint density at radius 1 is 1.43 bits per heavy atom. The van der Waals surface area contributed by atoms with Gasteiger partial charge in [0.25, 0.3) is 11.6 Å². The second-order valence-corrected chi connectivity index (χ2v) is 7.43. The normalized spacial score (nSPS) is 11.4. The zero-order chi connectivity index (χ0) is 16.2. The quantitative estimate of drug-likeness (QED) is 0.584. The molecular formula is C11H14BrN3O5S. The Bertz CT molecular complexity index is 660. The molecule has 0 bridgehead atoms. The highest BCUT2D eigenvalue weighted by molar-refractivity contribution is 9.10. The second-order valence-electron chi connectivity index (χ2n) is 4.28. The van der Waals surface area contributed by atoms with Gasteiger partial charge in [0.05, 0.1) is 16.2 Å². The molecule has 0 radical (unpaired) electrons. The molecule has 21 heavy (non-hydrogen) atoms. The van der Waals surface area contributed by atoms with Crippen molar-refractivity contribution in [2.45, 2.75) is 0 Å². The second kappa shape index (κ2) is 6.96. The highest BCUT2D eigenvalue weighted by atomic mass is 79.9. The van der Waals surface area contributed by atoms with Gasteiger partial charge in [0.15, 0.2) is 0 Å². The molecule has 0 aromatic heterocycles. The van der Waals surface area contributed by atoms with E-state index < -0.39 is 20.9 Å². The van der Waals surface area contributed by atoms with Crippen LogP contribution in [0, 0.1) is 10.1 Å². The molecule has 0 spiro atoms. The first-order chi connectivity index (χ1) is 9.65. The van der Waals surface area contributed by atoms with Gasteiger partial charge >= 0.3 is 0 Å². The van der Waals surface area contributed by atoms with Gasteiger partial charge in [-0.2, -0.15) is 0 Å². The summed E-state index contributed by atoms with van der Waals surface area (Å²) in [6.07, 6.45) is 0. The summed E-state index contributed by atoms with van der Waals surface area (Å²) in [5.41, 5.74) is -0.143. The summed E-state index contributed by atoms with van der Waals surface area (Å²) in [5, 5.41) is 13.1. The lowest BCUT2D eigenvalue weighted by Crippen LogP contribution is -2.34. The van der Waals surface area contributed by atoms with Crippen molar-refractivity contribution in [3.63, 3.8) is 0 Å². The van der Waals surface area contributed by atoms with E-state index in [1.54, 1.807) is 0 Å². The Hall–Kier alpha value is -1.52. The van der Waals surface area contributed by atoms with Crippen molar-refractivity contribution in [3.05, 3.63) is 38.3 Å². The van der Waals surface area contributed by atoms with Gasteiger partial charge < -0.3 is 5.32 Å². The van der Waals surface area contributed by atoms with Crippen LogP contribution in [-0.2, 0) is 10.0 Å². The van der Waals surface area contributed by atoms with E-state index in [0.717, 1.165) is 10.4 Å². The molecule has 0 unspecified atom stereocenters. The lowest BCUT2D eigenvalue weighted by Gasteiger charge is -2.12. The van der Waals surface area contributed by atoms with Crippen molar-refractivity contribution in [1.82, 2.24) is 9.62 Å². The van der Waals surface area contributed by atoms with Crippen molar-refractivity contribution < 1.29 is 18.1 Å². The summed E-state index contributed by atoms with van der Waals surface area (Å²) >= 11 is 3.12. The number of carbonyl (C=O) groups excluding carboxylic acids is 1. The Balaban J connectivity index is 2.77. The number of hydrogen-bond acceptors (Lipinski definition) is 5. The van der Waals surface area contributed by atoms with Gasteiger partial charge in [-0.15, -0.1) is 0 Å². The first-order valence-corrected chi connectivity index (χ1v) is 8.17. The Labute approximate surface area is 130 Å². The Kier molecular flexibility index (Phi) is 5.81. The lowest BCUT2D eigenvalue weighted by molar-refractivity contribution is -0.384. The van der Waals surface area contributed by atoms with E-state index in [9.17, 15) is 23.3 Å². The van der Waals surface area contributed by atoms with E-state index in [-0.39, 0.29) is 23.5 Å². The molecule has 1 rings (SSSR count). The summed E-state index contributed by atoms with van der Waals surface area (Å²) in [6.45, 7) is -0.0888. The van der Waals surface area contributed by atoms with Crippen LogP contribution in [0.15, 0.2) is 22.7 Å². The number of rotatable bonds is 6. The SMILES string of the molecule is CN(C)S(=O)(=O)CCNC(=O)c1cc([N+](=O)[O-])ccc1Br. The van der Waals surface area contributed by atoms with E-state index in [4.69, 9.17) is 0 Å². The monoisotopic (exact) mass is 379 g/mol. The summed E-state index contributed by atoms with van der Waals surface area (Å²) in [6, 6.07) is 3.78. The smallest absolute Gasteiger partial charge is 0.270 e. The molecule has 0 heterocycles. The maximum absolute atomic E-state index is 11.9. The predicted octanol–water partition coefficient (Wildman–Crippen LogP) is 0.979. The molecule has 0 fully saturated rings. The molecule has 0 aliphatic heterocycles. The minimum atomic E-state index is -3.41. The number of halogens is 1. The van der Waals surface area contributed by atoms with Gasteiger partial charge in [0.2, 0.25) is 10.0 Å². The number of amides is 1.